The number of nitrogens with one attached hydrogen (secondary N) is 1. The van der Waals surface area contributed by atoms with E-state index >= 15 is 0 Å². The van der Waals surface area contributed by atoms with Crippen LogP contribution in [0.3, 0.4) is 0 Å². The highest BCUT2D eigenvalue weighted by atomic mass is 16.2. The van der Waals surface area contributed by atoms with Gasteiger partial charge in [0.1, 0.15) is 0 Å². The minimum Gasteiger partial charge on any atom is -0.359 e. The standard InChI is InChI=1S/C6H13NO.C5H11NO/c1-5(2)6(8)7(3)4;1-4(2)5(7)6-3/h5H,1-4H3;4H,1-3H3,(H,6,7). The molecule has 0 aromatic rings. The Morgan fingerprint density at radius 1 is 1.00 bits per heavy atom. The Hall–Kier alpha value is -1.06. The summed E-state index contributed by atoms with van der Waals surface area (Å²) in [6.45, 7) is 7.50. The van der Waals surface area contributed by atoms with E-state index in [4.69, 9.17) is 0 Å². The number of carbonyl (C=O) groups is 2. The highest BCUT2D eigenvalue weighted by Gasteiger charge is 2.06. The first kappa shape index (κ1) is 16.4. The maximum atomic E-state index is 10.8. The maximum Gasteiger partial charge on any atom is 0.224 e. The second-order valence-corrected chi connectivity index (χ2v) is 4.16. The van der Waals surface area contributed by atoms with Gasteiger partial charge in [-0.3, -0.25) is 9.59 Å². The summed E-state index contributed by atoms with van der Waals surface area (Å²) in [5, 5.41) is 2.53. The van der Waals surface area contributed by atoms with Crippen LogP contribution in [0.5, 0.6) is 0 Å². The summed E-state index contributed by atoms with van der Waals surface area (Å²) < 4.78 is 0. The first-order valence-electron chi connectivity index (χ1n) is 5.16. The average Bonchev–Trinajstić information content (AvgIpc) is 2.15. The van der Waals surface area contributed by atoms with E-state index < -0.39 is 0 Å². The molecule has 0 aliphatic carbocycles. The zero-order chi connectivity index (χ0) is 12.6. The minimum atomic E-state index is 0.0972. The predicted octanol–water partition coefficient (Wildman–Crippen LogP) is 1.12. The fourth-order valence-corrected chi connectivity index (χ4v) is 0.805. The van der Waals surface area contributed by atoms with Gasteiger partial charge >= 0.3 is 0 Å². The van der Waals surface area contributed by atoms with E-state index in [1.165, 1.54) is 0 Å². The second kappa shape index (κ2) is 8.26. The largest absolute Gasteiger partial charge is 0.359 e. The van der Waals surface area contributed by atoms with E-state index in [0.717, 1.165) is 0 Å². The third-order valence-corrected chi connectivity index (χ3v) is 1.71. The Morgan fingerprint density at radius 3 is 1.40 bits per heavy atom. The van der Waals surface area contributed by atoms with Crippen LogP contribution in [-0.2, 0) is 9.59 Å². The molecule has 0 rings (SSSR count). The molecular formula is C11H24N2O2. The van der Waals surface area contributed by atoms with Gasteiger partial charge in [0.15, 0.2) is 0 Å². The molecule has 0 fully saturated rings. The van der Waals surface area contributed by atoms with Crippen molar-refractivity contribution in [2.24, 2.45) is 11.8 Å². The topological polar surface area (TPSA) is 49.4 Å². The molecule has 0 aliphatic rings. The van der Waals surface area contributed by atoms with Gasteiger partial charge in [-0.25, -0.2) is 0 Å². The van der Waals surface area contributed by atoms with Crippen LogP contribution in [0.2, 0.25) is 0 Å². The first-order chi connectivity index (χ1) is 6.73. The van der Waals surface area contributed by atoms with Crippen molar-refractivity contribution in [2.75, 3.05) is 21.1 Å². The van der Waals surface area contributed by atoms with E-state index in [-0.39, 0.29) is 23.7 Å². The molecule has 0 radical (unpaired) electrons. The zero-order valence-corrected chi connectivity index (χ0v) is 10.9. The molecule has 0 heterocycles. The Morgan fingerprint density at radius 2 is 1.40 bits per heavy atom. The SMILES string of the molecule is CC(C)C(=O)N(C)C.CNC(=O)C(C)C. The summed E-state index contributed by atoms with van der Waals surface area (Å²) in [5.41, 5.74) is 0. The highest BCUT2D eigenvalue weighted by molar-refractivity contribution is 5.77. The van der Waals surface area contributed by atoms with E-state index in [1.807, 2.05) is 27.7 Å². The van der Waals surface area contributed by atoms with Crippen LogP contribution >= 0.6 is 0 Å². The molecule has 2 amide bonds. The molecule has 4 heteroatoms. The number of rotatable bonds is 2. The predicted molar refractivity (Wildman–Crippen MR) is 62.4 cm³/mol. The fourth-order valence-electron chi connectivity index (χ4n) is 0.805. The van der Waals surface area contributed by atoms with Crippen LogP contribution in [0, 0.1) is 11.8 Å². The third kappa shape index (κ3) is 9.25. The summed E-state index contributed by atoms with van der Waals surface area (Å²) in [7, 11) is 5.17. The summed E-state index contributed by atoms with van der Waals surface area (Å²) >= 11 is 0. The molecule has 0 aliphatic heterocycles. The van der Waals surface area contributed by atoms with Crippen LogP contribution in [-0.4, -0.2) is 37.9 Å². The number of hydrogen-bond acceptors (Lipinski definition) is 2. The molecule has 90 valence electrons. The molecule has 1 N–H and O–H groups in total. The zero-order valence-electron chi connectivity index (χ0n) is 10.9. The maximum absolute atomic E-state index is 10.8. The summed E-state index contributed by atoms with van der Waals surface area (Å²) in [6.07, 6.45) is 0. The van der Waals surface area contributed by atoms with Crippen molar-refractivity contribution in [1.82, 2.24) is 10.2 Å². The Bertz CT molecular complexity index is 189. The van der Waals surface area contributed by atoms with Crippen molar-refractivity contribution in [1.29, 1.82) is 0 Å². The van der Waals surface area contributed by atoms with Crippen molar-refractivity contribution in [3.8, 4) is 0 Å². The van der Waals surface area contributed by atoms with Crippen LogP contribution in [0.1, 0.15) is 27.7 Å². The molecule has 0 saturated heterocycles. The first-order valence-corrected chi connectivity index (χ1v) is 5.16. The average molecular weight is 216 g/mol. The molecule has 0 aromatic carbocycles. The Labute approximate surface area is 93.0 Å². The van der Waals surface area contributed by atoms with Gasteiger partial charge in [0.25, 0.3) is 0 Å². The highest BCUT2D eigenvalue weighted by Crippen LogP contribution is 1.94. The number of amides is 2. The lowest BCUT2D eigenvalue weighted by molar-refractivity contribution is -0.131. The normalized spacial score (nSPS) is 9.40. The van der Waals surface area contributed by atoms with Gasteiger partial charge in [-0.1, -0.05) is 27.7 Å². The van der Waals surface area contributed by atoms with Crippen molar-refractivity contribution in [3.63, 3.8) is 0 Å². The van der Waals surface area contributed by atoms with Crippen molar-refractivity contribution in [3.05, 3.63) is 0 Å². The molecule has 0 spiro atoms. The van der Waals surface area contributed by atoms with Gasteiger partial charge in [-0.15, -0.1) is 0 Å². The lowest BCUT2D eigenvalue weighted by Gasteiger charge is -2.11. The lowest BCUT2D eigenvalue weighted by atomic mass is 10.2. The van der Waals surface area contributed by atoms with Crippen molar-refractivity contribution >= 4 is 11.8 Å². The monoisotopic (exact) mass is 216 g/mol. The minimum absolute atomic E-state index is 0.0972. The number of carbonyl (C=O) groups excluding carboxylic acids is 2. The third-order valence-electron chi connectivity index (χ3n) is 1.71. The Balaban J connectivity index is 0. The molecule has 0 atom stereocenters. The van der Waals surface area contributed by atoms with E-state index in [1.54, 1.807) is 26.0 Å². The lowest BCUT2D eigenvalue weighted by Crippen LogP contribution is -2.26. The Kier molecular flexibility index (Phi) is 9.02. The van der Waals surface area contributed by atoms with Gasteiger partial charge in [0, 0.05) is 33.0 Å². The summed E-state index contributed by atoms with van der Waals surface area (Å²) in [5.74, 6) is 0.528. The van der Waals surface area contributed by atoms with Crippen LogP contribution in [0.15, 0.2) is 0 Å². The molecule has 0 unspecified atom stereocenters. The summed E-state index contributed by atoms with van der Waals surface area (Å²) in [4.78, 5) is 22.8. The van der Waals surface area contributed by atoms with Gasteiger partial charge in [0.05, 0.1) is 0 Å². The number of hydrogen-bond donors (Lipinski definition) is 1. The number of nitrogens with zero attached hydrogens (tertiary/aromatic N) is 1. The summed E-state index contributed by atoms with van der Waals surface area (Å²) in [6, 6.07) is 0. The van der Waals surface area contributed by atoms with Crippen LogP contribution in [0.25, 0.3) is 0 Å². The van der Waals surface area contributed by atoms with E-state index in [0.29, 0.717) is 0 Å². The quantitative estimate of drug-likeness (QED) is 0.752. The fraction of sp³-hybridized carbons (Fsp3) is 0.818. The van der Waals surface area contributed by atoms with Gasteiger partial charge in [0.2, 0.25) is 11.8 Å². The van der Waals surface area contributed by atoms with E-state index in [2.05, 4.69) is 5.32 Å². The molecular weight excluding hydrogens is 192 g/mol. The molecule has 15 heavy (non-hydrogen) atoms. The smallest absolute Gasteiger partial charge is 0.224 e. The van der Waals surface area contributed by atoms with Crippen LogP contribution in [0.4, 0.5) is 0 Å². The van der Waals surface area contributed by atoms with Crippen molar-refractivity contribution < 1.29 is 9.59 Å². The van der Waals surface area contributed by atoms with Gasteiger partial charge in [-0.05, 0) is 0 Å². The van der Waals surface area contributed by atoms with Gasteiger partial charge in [-0.2, -0.15) is 0 Å². The van der Waals surface area contributed by atoms with Crippen molar-refractivity contribution in [2.45, 2.75) is 27.7 Å². The molecule has 0 aromatic heterocycles. The molecule has 0 saturated carbocycles. The molecule has 0 bridgehead atoms. The molecule has 4 nitrogen and oxygen atoms in total. The van der Waals surface area contributed by atoms with E-state index in [9.17, 15) is 9.59 Å². The van der Waals surface area contributed by atoms with Gasteiger partial charge < -0.3 is 10.2 Å². The van der Waals surface area contributed by atoms with Crippen LogP contribution < -0.4 is 5.32 Å². The second-order valence-electron chi connectivity index (χ2n) is 4.16.